The minimum Gasteiger partial charge on any atom is -0.464 e. The summed E-state index contributed by atoms with van der Waals surface area (Å²) in [5.41, 5.74) is -0.123. The van der Waals surface area contributed by atoms with Crippen LogP contribution in [0.25, 0.3) is 11.4 Å². The first-order valence-electron chi connectivity index (χ1n) is 10.5. The number of rotatable bonds is 7. The Morgan fingerprint density at radius 2 is 2.26 bits per heavy atom. The molecule has 0 aromatic carbocycles. The first-order valence-corrected chi connectivity index (χ1v) is 10.5. The van der Waals surface area contributed by atoms with E-state index in [4.69, 9.17) is 9.26 Å². The molecule has 0 bridgehead atoms. The highest BCUT2D eigenvalue weighted by Gasteiger charge is 2.55. The number of esters is 1. The van der Waals surface area contributed by atoms with Crippen LogP contribution in [0.3, 0.4) is 0 Å². The average Bonchev–Trinajstić information content (AvgIpc) is 3.34. The fourth-order valence-electron chi connectivity index (χ4n) is 4.19. The van der Waals surface area contributed by atoms with Crippen molar-refractivity contribution in [3.8, 4) is 11.4 Å². The zero-order valence-electron chi connectivity index (χ0n) is 17.4. The van der Waals surface area contributed by atoms with Gasteiger partial charge in [-0.25, -0.2) is 4.79 Å². The molecule has 1 saturated heterocycles. The second kappa shape index (κ2) is 8.83. The molecule has 4 rings (SSSR count). The van der Waals surface area contributed by atoms with Crippen LogP contribution >= 0.6 is 0 Å². The van der Waals surface area contributed by atoms with E-state index in [1.807, 2.05) is 13.0 Å². The number of carbonyl (C=O) groups is 3. The molecule has 2 aliphatic rings. The van der Waals surface area contributed by atoms with Gasteiger partial charge < -0.3 is 14.6 Å². The van der Waals surface area contributed by atoms with Crippen molar-refractivity contribution in [2.24, 2.45) is 5.92 Å². The lowest BCUT2D eigenvalue weighted by Crippen LogP contribution is -2.54. The number of aryl methyl sites for hydroxylation is 1. The number of amides is 3. The minimum atomic E-state index is -0.875. The van der Waals surface area contributed by atoms with Crippen LogP contribution < -0.4 is 5.32 Å². The number of hydrogen-bond donors (Lipinski definition) is 1. The first-order chi connectivity index (χ1) is 15.0. The van der Waals surface area contributed by atoms with E-state index < -0.39 is 17.5 Å². The highest BCUT2D eigenvalue weighted by molar-refractivity contribution is 6.08. The van der Waals surface area contributed by atoms with Gasteiger partial charge in [0.15, 0.2) is 0 Å². The molecule has 1 aliphatic carbocycles. The van der Waals surface area contributed by atoms with Gasteiger partial charge in [0.1, 0.15) is 12.1 Å². The number of nitrogens with zero attached hydrogens (tertiary/aromatic N) is 4. The summed E-state index contributed by atoms with van der Waals surface area (Å²) in [5.74, 6) is -0.0209. The Morgan fingerprint density at radius 1 is 1.39 bits per heavy atom. The number of pyridine rings is 1. The average molecular weight is 427 g/mol. The van der Waals surface area contributed by atoms with Crippen LogP contribution in [-0.2, 0) is 20.7 Å². The summed E-state index contributed by atoms with van der Waals surface area (Å²) in [6.07, 6.45) is 7.62. The molecular formula is C21H25N5O5. The van der Waals surface area contributed by atoms with E-state index in [1.165, 1.54) is 0 Å². The van der Waals surface area contributed by atoms with Crippen LogP contribution in [0.5, 0.6) is 0 Å². The maximum atomic E-state index is 12.9. The molecule has 1 aliphatic heterocycles. The van der Waals surface area contributed by atoms with Gasteiger partial charge >= 0.3 is 12.0 Å². The van der Waals surface area contributed by atoms with Gasteiger partial charge in [0.2, 0.25) is 11.7 Å². The van der Waals surface area contributed by atoms with E-state index >= 15 is 0 Å². The van der Waals surface area contributed by atoms with Gasteiger partial charge in [-0.1, -0.05) is 24.9 Å². The summed E-state index contributed by atoms with van der Waals surface area (Å²) in [7, 11) is 0. The van der Waals surface area contributed by atoms with Gasteiger partial charge in [0.25, 0.3) is 5.91 Å². The molecule has 1 spiro atoms. The molecule has 10 nitrogen and oxygen atoms in total. The van der Waals surface area contributed by atoms with Gasteiger partial charge in [-0.2, -0.15) is 4.98 Å². The van der Waals surface area contributed by atoms with Crippen molar-refractivity contribution in [1.82, 2.24) is 25.3 Å². The molecule has 1 N–H and O–H groups in total. The molecule has 2 unspecified atom stereocenters. The zero-order valence-corrected chi connectivity index (χ0v) is 17.4. The maximum absolute atomic E-state index is 12.9. The topological polar surface area (TPSA) is 128 Å². The minimum absolute atomic E-state index is 0.0460. The van der Waals surface area contributed by atoms with Crippen molar-refractivity contribution in [3.05, 3.63) is 30.4 Å². The first kappa shape index (κ1) is 21.0. The fourth-order valence-corrected chi connectivity index (χ4v) is 4.19. The van der Waals surface area contributed by atoms with Gasteiger partial charge in [0, 0.05) is 24.4 Å². The highest BCUT2D eigenvalue weighted by Crippen LogP contribution is 2.38. The molecular weight excluding hydrogens is 402 g/mol. The standard InChI is InChI=1S/C21H25N5O5/c1-14-6-2-3-9-21(14)19(28)26(20(29)24-21)13-17(27)30-11-5-8-16-23-18(25-31-16)15-7-4-10-22-12-15/h4,7,10,12,14H,2-3,5-6,8-9,11,13H2,1H3,(H,24,29). The second-order valence-electron chi connectivity index (χ2n) is 8.02. The van der Waals surface area contributed by atoms with Crippen LogP contribution in [0.15, 0.2) is 29.0 Å². The number of hydrogen-bond acceptors (Lipinski definition) is 8. The van der Waals surface area contributed by atoms with Crippen LogP contribution in [0.4, 0.5) is 4.79 Å². The monoisotopic (exact) mass is 427 g/mol. The number of aromatic nitrogens is 3. The van der Waals surface area contributed by atoms with Crippen molar-refractivity contribution in [2.75, 3.05) is 13.2 Å². The van der Waals surface area contributed by atoms with E-state index in [0.29, 0.717) is 31.0 Å². The van der Waals surface area contributed by atoms with E-state index in [2.05, 4.69) is 20.4 Å². The third kappa shape index (κ3) is 4.28. The summed E-state index contributed by atoms with van der Waals surface area (Å²) in [4.78, 5) is 46.7. The summed E-state index contributed by atoms with van der Waals surface area (Å²) >= 11 is 0. The fraction of sp³-hybridized carbons (Fsp3) is 0.524. The zero-order chi connectivity index (χ0) is 21.8. The van der Waals surface area contributed by atoms with Crippen LogP contribution in [0, 0.1) is 5.92 Å². The molecule has 1 saturated carbocycles. The van der Waals surface area contributed by atoms with E-state index in [1.54, 1.807) is 18.5 Å². The molecule has 31 heavy (non-hydrogen) atoms. The van der Waals surface area contributed by atoms with Crippen LogP contribution in [0.1, 0.15) is 44.9 Å². The number of nitrogens with one attached hydrogen (secondary N) is 1. The smallest absolute Gasteiger partial charge is 0.326 e. The van der Waals surface area contributed by atoms with Gasteiger partial charge in [0.05, 0.1) is 6.61 Å². The van der Waals surface area contributed by atoms with Gasteiger partial charge in [-0.3, -0.25) is 19.5 Å². The second-order valence-corrected chi connectivity index (χ2v) is 8.02. The van der Waals surface area contributed by atoms with Crippen LogP contribution in [0.2, 0.25) is 0 Å². The van der Waals surface area contributed by atoms with E-state index in [9.17, 15) is 14.4 Å². The Bertz CT molecular complexity index is 962. The lowest BCUT2D eigenvalue weighted by molar-refractivity contribution is -0.148. The lowest BCUT2D eigenvalue weighted by atomic mass is 9.73. The molecule has 2 fully saturated rings. The Balaban J connectivity index is 1.23. The highest BCUT2D eigenvalue weighted by atomic mass is 16.5. The predicted molar refractivity (Wildman–Crippen MR) is 107 cm³/mol. The number of urea groups is 1. The lowest BCUT2D eigenvalue weighted by Gasteiger charge is -2.36. The molecule has 3 heterocycles. The quantitative estimate of drug-likeness (QED) is 0.404. The molecule has 0 radical (unpaired) electrons. The SMILES string of the molecule is CC1CCCCC12NC(=O)N(CC(=O)OCCCc1nc(-c3cccnc3)no1)C2=O. The molecule has 2 aromatic heterocycles. The number of carbonyl (C=O) groups excluding carboxylic acids is 3. The normalized spacial score (nSPS) is 23.3. The van der Waals surface area contributed by atoms with Crippen LogP contribution in [-0.4, -0.2) is 56.6 Å². The number of imide groups is 1. The van der Waals surface area contributed by atoms with Crippen molar-refractivity contribution in [3.63, 3.8) is 0 Å². The Hall–Kier alpha value is -3.30. The van der Waals surface area contributed by atoms with Gasteiger partial charge in [-0.05, 0) is 37.3 Å². The summed E-state index contributed by atoms with van der Waals surface area (Å²) in [5, 5.41) is 6.74. The Morgan fingerprint density at radius 3 is 3.03 bits per heavy atom. The molecule has 3 amide bonds. The summed E-state index contributed by atoms with van der Waals surface area (Å²) in [6.45, 7) is 1.70. The Labute approximate surface area is 179 Å². The van der Waals surface area contributed by atoms with E-state index in [0.717, 1.165) is 29.7 Å². The van der Waals surface area contributed by atoms with E-state index in [-0.39, 0.29) is 25.0 Å². The maximum Gasteiger partial charge on any atom is 0.326 e. The van der Waals surface area contributed by atoms with Crippen molar-refractivity contribution in [1.29, 1.82) is 0 Å². The summed E-state index contributed by atoms with van der Waals surface area (Å²) in [6, 6.07) is 3.09. The van der Waals surface area contributed by atoms with Crippen molar-refractivity contribution in [2.45, 2.75) is 51.0 Å². The molecule has 164 valence electrons. The molecule has 2 aromatic rings. The van der Waals surface area contributed by atoms with Crippen molar-refractivity contribution < 1.29 is 23.6 Å². The summed E-state index contributed by atoms with van der Waals surface area (Å²) < 4.78 is 10.4. The van der Waals surface area contributed by atoms with Crippen molar-refractivity contribution >= 4 is 17.9 Å². The van der Waals surface area contributed by atoms with Gasteiger partial charge in [-0.15, -0.1) is 0 Å². The molecule has 10 heteroatoms. The largest absolute Gasteiger partial charge is 0.464 e. The predicted octanol–water partition coefficient (Wildman–Crippen LogP) is 2.11. The third-order valence-electron chi connectivity index (χ3n) is 5.97. The Kier molecular flexibility index (Phi) is 5.97. The molecule has 2 atom stereocenters. The third-order valence-corrected chi connectivity index (χ3v) is 5.97. The number of ether oxygens (including phenoxy) is 1.